The maximum absolute atomic E-state index is 14.7. The van der Waals surface area contributed by atoms with Gasteiger partial charge >= 0.3 is 0 Å². The summed E-state index contributed by atoms with van der Waals surface area (Å²) in [5.74, 6) is 0.581. The highest BCUT2D eigenvalue weighted by atomic mass is 35.5. The Morgan fingerprint density at radius 3 is 2.59 bits per heavy atom. The van der Waals surface area contributed by atoms with E-state index in [0.29, 0.717) is 41.5 Å². The predicted molar refractivity (Wildman–Crippen MR) is 145 cm³/mol. The summed E-state index contributed by atoms with van der Waals surface area (Å²) >= 11 is 12.3. The van der Waals surface area contributed by atoms with E-state index >= 15 is 0 Å². The Hall–Kier alpha value is -1.82. The Kier molecular flexibility index (Phi) is 7.52. The highest BCUT2D eigenvalue weighted by Crippen LogP contribution is 2.50. The van der Waals surface area contributed by atoms with Crippen LogP contribution in [0.2, 0.25) is 10.2 Å². The molecule has 2 atom stereocenters. The molecule has 0 radical (unpaired) electrons. The second-order valence-corrected chi connectivity index (χ2v) is 13.8. The average molecular weight is 583 g/mol. The minimum Gasteiger partial charge on any atom is -0.598 e. The fourth-order valence-electron chi connectivity index (χ4n) is 4.48. The number of anilines is 1. The van der Waals surface area contributed by atoms with Gasteiger partial charge in [0.15, 0.2) is 11.6 Å². The monoisotopic (exact) mass is 581 g/mol. The molecule has 0 saturated carbocycles. The zero-order chi connectivity index (χ0) is 26.4. The van der Waals surface area contributed by atoms with Gasteiger partial charge in [-0.05, 0) is 32.9 Å². The molecule has 2 aromatic heterocycles. The normalized spacial score (nSPS) is 19.5. The van der Waals surface area contributed by atoms with Gasteiger partial charge in [-0.2, -0.15) is 0 Å². The number of rotatable bonds is 5. The Labute approximate surface area is 232 Å². The molecule has 37 heavy (non-hydrogen) atoms. The molecule has 0 amide bonds. The lowest BCUT2D eigenvalue weighted by Gasteiger charge is -2.42. The molecule has 3 aromatic rings. The zero-order valence-corrected chi connectivity index (χ0v) is 23.6. The molecule has 4 heterocycles. The van der Waals surface area contributed by atoms with Gasteiger partial charge in [-0.25, -0.2) is 19.3 Å². The summed E-state index contributed by atoms with van der Waals surface area (Å²) in [5, 5.41) is 1.31. The fraction of sp³-hybridized carbons (Fsp3) is 0.400. The largest absolute Gasteiger partial charge is 0.598 e. The fourth-order valence-corrected chi connectivity index (χ4v) is 6.59. The first-order chi connectivity index (χ1) is 17.6. The van der Waals surface area contributed by atoms with Gasteiger partial charge in [0.25, 0.3) is 0 Å². The predicted octanol–water partition coefficient (Wildman–Crippen LogP) is 5.99. The third kappa shape index (κ3) is 5.37. The van der Waals surface area contributed by atoms with Crippen LogP contribution in [-0.2, 0) is 11.4 Å². The number of pyridine rings is 1. The standard InChI is InChI=1S/C25H26Cl2FN5O2S2/c1-24(2,3)37(34)32-22-15-5-4-6-16(28)21(15)35-25(22)8-11-33(12-9-25)18-13-31-19(14-30-18)36-17-7-10-29-23(27)20(17)26/h4-7,10,13-14,22,32H,8-9,11-12H2,1-3H3/t22-,37-/m1/s1. The Balaban J connectivity index is 1.31. The summed E-state index contributed by atoms with van der Waals surface area (Å²) in [4.78, 5) is 16.0. The number of piperidine rings is 1. The first-order valence-electron chi connectivity index (χ1n) is 11.8. The molecule has 7 nitrogen and oxygen atoms in total. The Morgan fingerprint density at radius 1 is 1.16 bits per heavy atom. The van der Waals surface area contributed by atoms with Crippen molar-refractivity contribution in [3.8, 4) is 5.75 Å². The number of hydrogen-bond donors (Lipinski definition) is 1. The number of benzene rings is 1. The summed E-state index contributed by atoms with van der Waals surface area (Å²) in [7, 11) is 0. The zero-order valence-electron chi connectivity index (χ0n) is 20.5. The van der Waals surface area contributed by atoms with Gasteiger partial charge in [-0.1, -0.05) is 47.1 Å². The number of hydrogen-bond acceptors (Lipinski definition) is 8. The lowest BCUT2D eigenvalue weighted by Crippen LogP contribution is -2.55. The van der Waals surface area contributed by atoms with Crippen LogP contribution in [-0.4, -0.2) is 42.9 Å². The van der Waals surface area contributed by atoms with Crippen molar-refractivity contribution >= 4 is 52.1 Å². The molecular weight excluding hydrogens is 556 g/mol. The van der Waals surface area contributed by atoms with E-state index in [0.717, 1.165) is 10.7 Å². The van der Waals surface area contributed by atoms with E-state index in [1.165, 1.54) is 17.8 Å². The highest BCUT2D eigenvalue weighted by Gasteiger charge is 2.53. The molecule has 5 rings (SSSR count). The van der Waals surface area contributed by atoms with E-state index in [4.69, 9.17) is 27.9 Å². The number of nitrogens with zero attached hydrogens (tertiary/aromatic N) is 4. The van der Waals surface area contributed by atoms with Gasteiger partial charge < -0.3 is 14.2 Å². The average Bonchev–Trinajstić information content (AvgIpc) is 3.16. The molecule has 2 aliphatic rings. The molecule has 2 aliphatic heterocycles. The molecule has 1 fully saturated rings. The maximum atomic E-state index is 14.7. The summed E-state index contributed by atoms with van der Waals surface area (Å²) in [6.07, 6.45) is 6.22. The Bertz CT molecular complexity index is 1290. The number of halogens is 3. The molecular formula is C25H26Cl2FN5O2S2. The van der Waals surface area contributed by atoms with Crippen molar-refractivity contribution < 1.29 is 13.7 Å². The minimum atomic E-state index is -1.35. The van der Waals surface area contributed by atoms with E-state index < -0.39 is 27.5 Å². The van der Waals surface area contributed by atoms with E-state index in [2.05, 4.69) is 24.6 Å². The summed E-state index contributed by atoms with van der Waals surface area (Å²) < 4.78 is 36.8. The van der Waals surface area contributed by atoms with Crippen LogP contribution in [0.5, 0.6) is 5.75 Å². The van der Waals surface area contributed by atoms with Crippen LogP contribution in [0.4, 0.5) is 10.2 Å². The van der Waals surface area contributed by atoms with Gasteiger partial charge in [0, 0.05) is 53.9 Å². The van der Waals surface area contributed by atoms with Crippen LogP contribution in [0, 0.1) is 5.82 Å². The summed E-state index contributed by atoms with van der Waals surface area (Å²) in [6.45, 7) is 6.98. The van der Waals surface area contributed by atoms with Crippen LogP contribution >= 0.6 is 35.0 Å². The van der Waals surface area contributed by atoms with E-state index in [9.17, 15) is 8.94 Å². The quantitative estimate of drug-likeness (QED) is 0.290. The molecule has 0 aliphatic carbocycles. The van der Waals surface area contributed by atoms with E-state index in [1.54, 1.807) is 30.7 Å². The van der Waals surface area contributed by atoms with Gasteiger partial charge in [0.2, 0.25) is 0 Å². The number of para-hydroxylation sites is 1. The van der Waals surface area contributed by atoms with Crippen LogP contribution in [0.15, 0.2) is 52.8 Å². The first-order valence-corrected chi connectivity index (χ1v) is 14.5. The number of fused-ring (bicyclic) bond motifs is 1. The molecule has 1 aromatic carbocycles. The first kappa shape index (κ1) is 26.8. The van der Waals surface area contributed by atoms with Gasteiger partial charge in [-0.3, -0.25) is 0 Å². The van der Waals surface area contributed by atoms with Crippen LogP contribution in [0.1, 0.15) is 45.2 Å². The smallest absolute Gasteiger partial charge is 0.165 e. The topological polar surface area (TPSA) is 86.2 Å². The van der Waals surface area contributed by atoms with Crippen LogP contribution < -0.4 is 14.4 Å². The number of ether oxygens (including phenoxy) is 1. The van der Waals surface area contributed by atoms with Crippen molar-refractivity contribution in [2.75, 3.05) is 18.0 Å². The maximum Gasteiger partial charge on any atom is 0.165 e. The van der Waals surface area contributed by atoms with Crippen molar-refractivity contribution in [2.45, 2.75) is 59.9 Å². The van der Waals surface area contributed by atoms with E-state index in [-0.39, 0.29) is 16.9 Å². The molecule has 1 spiro atoms. The van der Waals surface area contributed by atoms with Crippen molar-refractivity contribution in [1.29, 1.82) is 0 Å². The molecule has 196 valence electrons. The molecule has 12 heteroatoms. The van der Waals surface area contributed by atoms with Crippen molar-refractivity contribution in [1.82, 2.24) is 19.7 Å². The molecule has 0 unspecified atom stereocenters. The molecule has 1 N–H and O–H groups in total. The lowest BCUT2D eigenvalue weighted by molar-refractivity contribution is 0.0352. The lowest BCUT2D eigenvalue weighted by atomic mass is 9.83. The van der Waals surface area contributed by atoms with Crippen LogP contribution in [0.3, 0.4) is 0 Å². The second kappa shape index (κ2) is 10.4. The minimum absolute atomic E-state index is 0.244. The van der Waals surface area contributed by atoms with Crippen LogP contribution in [0.25, 0.3) is 0 Å². The Morgan fingerprint density at radius 2 is 1.92 bits per heavy atom. The second-order valence-electron chi connectivity index (χ2n) is 9.97. The molecule has 1 saturated heterocycles. The SMILES string of the molecule is CC(C)(C)[S@@+]([O-])N[C@@H]1c2cccc(F)c2OC12CCN(c1cnc(Sc3ccnc(Cl)c3Cl)cn1)CC2. The summed E-state index contributed by atoms with van der Waals surface area (Å²) in [6, 6.07) is 6.30. The highest BCUT2D eigenvalue weighted by molar-refractivity contribution is 7.99. The van der Waals surface area contributed by atoms with E-state index in [1.807, 2.05) is 26.8 Å². The third-order valence-corrected chi connectivity index (χ3v) is 9.92. The number of aromatic nitrogens is 3. The van der Waals surface area contributed by atoms with Crippen molar-refractivity contribution in [3.63, 3.8) is 0 Å². The van der Waals surface area contributed by atoms with Gasteiger partial charge in [0.05, 0.1) is 17.4 Å². The number of nitrogens with one attached hydrogen (secondary N) is 1. The van der Waals surface area contributed by atoms with Gasteiger partial charge in [0.1, 0.15) is 32.4 Å². The third-order valence-electron chi connectivity index (χ3n) is 6.50. The summed E-state index contributed by atoms with van der Waals surface area (Å²) in [5.41, 5.74) is 0.00444. The van der Waals surface area contributed by atoms with Crippen molar-refractivity contribution in [3.05, 3.63) is 64.4 Å². The van der Waals surface area contributed by atoms with Crippen molar-refractivity contribution in [2.24, 2.45) is 0 Å². The van der Waals surface area contributed by atoms with Gasteiger partial charge in [-0.15, -0.1) is 4.72 Å². The molecule has 0 bridgehead atoms.